The fourth-order valence-corrected chi connectivity index (χ4v) is 3.39. The lowest BCUT2D eigenvalue weighted by Crippen LogP contribution is -2.60. The number of aliphatic hydroxyl groups excluding tert-OH is 1. The van der Waals surface area contributed by atoms with E-state index in [2.05, 4.69) is 10.6 Å². The van der Waals surface area contributed by atoms with Gasteiger partial charge in [0.25, 0.3) is 0 Å². The van der Waals surface area contributed by atoms with E-state index in [4.69, 9.17) is 5.73 Å². The lowest BCUT2D eigenvalue weighted by atomic mass is 9.95. The molecule has 0 saturated carbocycles. The van der Waals surface area contributed by atoms with E-state index in [1.807, 2.05) is 6.92 Å². The molecule has 0 bridgehead atoms. The van der Waals surface area contributed by atoms with Crippen molar-refractivity contribution in [3.8, 4) is 0 Å². The van der Waals surface area contributed by atoms with E-state index in [0.717, 1.165) is 0 Å². The van der Waals surface area contributed by atoms with E-state index in [1.165, 1.54) is 11.8 Å². The molecule has 10 heteroatoms. The normalized spacial score (nSPS) is 21.5. The minimum Gasteiger partial charge on any atom is -0.480 e. The number of hydrogen-bond acceptors (Lipinski definition) is 6. The van der Waals surface area contributed by atoms with Crippen LogP contribution in [0.5, 0.6) is 0 Å². The SMILES string of the molecule is CCC(C)C(NC(=O)C(N)C(C)O)C(=O)NC(C(=O)N1CCCC1C(=O)O)C(C)C. The van der Waals surface area contributed by atoms with Gasteiger partial charge in [0.2, 0.25) is 17.7 Å². The number of carboxylic acid groups (broad SMARTS) is 1. The summed E-state index contributed by atoms with van der Waals surface area (Å²) in [5.41, 5.74) is 5.66. The lowest BCUT2D eigenvalue weighted by Gasteiger charge is -2.32. The highest BCUT2D eigenvalue weighted by Gasteiger charge is 2.40. The summed E-state index contributed by atoms with van der Waals surface area (Å²) in [5, 5.41) is 24.2. The van der Waals surface area contributed by atoms with Gasteiger partial charge in [0.15, 0.2) is 0 Å². The summed E-state index contributed by atoms with van der Waals surface area (Å²) in [7, 11) is 0. The fourth-order valence-electron chi connectivity index (χ4n) is 3.39. The third kappa shape index (κ3) is 6.40. The van der Waals surface area contributed by atoms with Crippen LogP contribution in [0.2, 0.25) is 0 Å². The number of hydrogen-bond donors (Lipinski definition) is 5. The summed E-state index contributed by atoms with van der Waals surface area (Å²) in [5.74, 6) is -3.26. The predicted molar refractivity (Wildman–Crippen MR) is 110 cm³/mol. The number of likely N-dealkylation sites (tertiary alicyclic amines) is 1. The molecule has 0 aromatic carbocycles. The van der Waals surface area contributed by atoms with Crippen LogP contribution in [0.15, 0.2) is 0 Å². The highest BCUT2D eigenvalue weighted by atomic mass is 16.4. The maximum Gasteiger partial charge on any atom is 0.326 e. The minimum atomic E-state index is -1.19. The monoisotopic (exact) mass is 428 g/mol. The van der Waals surface area contributed by atoms with Gasteiger partial charge in [0.05, 0.1) is 6.10 Å². The average Bonchev–Trinajstić information content (AvgIpc) is 3.17. The first-order valence-corrected chi connectivity index (χ1v) is 10.5. The topological polar surface area (TPSA) is 162 Å². The van der Waals surface area contributed by atoms with E-state index in [9.17, 15) is 29.4 Å². The maximum absolute atomic E-state index is 13.0. The summed E-state index contributed by atoms with van der Waals surface area (Å²) in [6.07, 6.45) is 0.460. The van der Waals surface area contributed by atoms with Gasteiger partial charge >= 0.3 is 5.97 Å². The molecule has 30 heavy (non-hydrogen) atoms. The van der Waals surface area contributed by atoms with Crippen LogP contribution < -0.4 is 16.4 Å². The number of aliphatic hydroxyl groups is 1. The number of nitrogens with two attached hydrogens (primary N) is 1. The number of rotatable bonds is 10. The van der Waals surface area contributed by atoms with Crippen molar-refractivity contribution in [1.82, 2.24) is 15.5 Å². The molecule has 1 aliphatic heterocycles. The molecule has 0 aromatic rings. The molecule has 0 aromatic heterocycles. The van der Waals surface area contributed by atoms with E-state index in [-0.39, 0.29) is 11.8 Å². The maximum atomic E-state index is 13.0. The van der Waals surface area contributed by atoms with Gasteiger partial charge in [-0.1, -0.05) is 34.1 Å². The number of carboxylic acids is 1. The Morgan fingerprint density at radius 3 is 2.10 bits per heavy atom. The number of carbonyl (C=O) groups excluding carboxylic acids is 3. The van der Waals surface area contributed by atoms with E-state index >= 15 is 0 Å². The van der Waals surface area contributed by atoms with Gasteiger partial charge in [-0.2, -0.15) is 0 Å². The fraction of sp³-hybridized carbons (Fsp3) is 0.800. The van der Waals surface area contributed by atoms with Crippen molar-refractivity contribution in [1.29, 1.82) is 0 Å². The first-order chi connectivity index (χ1) is 13.9. The largest absolute Gasteiger partial charge is 0.480 e. The molecule has 6 N–H and O–H groups in total. The molecule has 6 atom stereocenters. The average molecular weight is 429 g/mol. The summed E-state index contributed by atoms with van der Waals surface area (Å²) < 4.78 is 0. The second kappa shape index (κ2) is 11.3. The van der Waals surface area contributed by atoms with Gasteiger partial charge in [-0.25, -0.2) is 4.79 Å². The Bertz CT molecular complexity index is 639. The zero-order valence-electron chi connectivity index (χ0n) is 18.4. The van der Waals surface area contributed by atoms with Crippen molar-refractivity contribution >= 4 is 23.7 Å². The second-order valence-electron chi connectivity index (χ2n) is 8.40. The molecule has 0 aliphatic carbocycles. The Kier molecular flexibility index (Phi) is 9.70. The van der Waals surface area contributed by atoms with Crippen LogP contribution in [-0.4, -0.2) is 75.6 Å². The van der Waals surface area contributed by atoms with Crippen molar-refractivity contribution in [2.75, 3.05) is 6.54 Å². The highest BCUT2D eigenvalue weighted by molar-refractivity contribution is 5.94. The van der Waals surface area contributed by atoms with E-state index in [1.54, 1.807) is 20.8 Å². The lowest BCUT2D eigenvalue weighted by molar-refractivity contribution is -0.150. The van der Waals surface area contributed by atoms with Crippen molar-refractivity contribution in [2.24, 2.45) is 17.6 Å². The minimum absolute atomic E-state index is 0.253. The summed E-state index contributed by atoms with van der Waals surface area (Å²) in [4.78, 5) is 51.1. The molecule has 0 spiro atoms. The molecular formula is C20H36N4O6. The first kappa shape index (κ1) is 25.8. The second-order valence-corrected chi connectivity index (χ2v) is 8.40. The number of amides is 3. The van der Waals surface area contributed by atoms with Gasteiger partial charge in [-0.3, -0.25) is 14.4 Å². The third-order valence-electron chi connectivity index (χ3n) is 5.67. The quantitative estimate of drug-likeness (QED) is 0.311. The van der Waals surface area contributed by atoms with E-state index < -0.39 is 54.0 Å². The highest BCUT2D eigenvalue weighted by Crippen LogP contribution is 2.20. The number of nitrogens with one attached hydrogen (secondary N) is 2. The molecule has 1 heterocycles. The van der Waals surface area contributed by atoms with Crippen LogP contribution in [0, 0.1) is 11.8 Å². The van der Waals surface area contributed by atoms with Crippen LogP contribution in [0.4, 0.5) is 0 Å². The van der Waals surface area contributed by atoms with Crippen LogP contribution in [0.25, 0.3) is 0 Å². The molecule has 1 fully saturated rings. The molecule has 0 radical (unpaired) electrons. The molecule has 172 valence electrons. The van der Waals surface area contributed by atoms with Crippen molar-refractivity contribution in [3.05, 3.63) is 0 Å². The van der Waals surface area contributed by atoms with Crippen molar-refractivity contribution in [3.63, 3.8) is 0 Å². The van der Waals surface area contributed by atoms with Gasteiger partial charge < -0.3 is 31.5 Å². The molecule has 3 amide bonds. The standard InChI is InChI=1S/C20H36N4O6/c1-6-11(4)16(23-17(26)14(21)12(5)25)18(27)22-15(10(2)3)19(28)24-9-7-8-13(24)20(29)30/h10-16,25H,6-9,21H2,1-5H3,(H,22,27)(H,23,26)(H,29,30). The van der Waals surface area contributed by atoms with Crippen LogP contribution >= 0.6 is 0 Å². The van der Waals surface area contributed by atoms with Crippen molar-refractivity contribution < 1.29 is 29.4 Å². The third-order valence-corrected chi connectivity index (χ3v) is 5.67. The molecular weight excluding hydrogens is 392 g/mol. The Hall–Kier alpha value is -2.20. The number of nitrogens with zero attached hydrogens (tertiary/aromatic N) is 1. The molecule has 6 unspecified atom stereocenters. The smallest absolute Gasteiger partial charge is 0.326 e. The Morgan fingerprint density at radius 1 is 1.07 bits per heavy atom. The summed E-state index contributed by atoms with van der Waals surface area (Å²) in [6.45, 7) is 8.86. The van der Waals surface area contributed by atoms with E-state index in [0.29, 0.717) is 25.8 Å². The molecule has 1 rings (SSSR count). The van der Waals surface area contributed by atoms with Gasteiger partial charge in [-0.15, -0.1) is 0 Å². The van der Waals surface area contributed by atoms with Crippen LogP contribution in [-0.2, 0) is 19.2 Å². The molecule has 1 aliphatic rings. The van der Waals surface area contributed by atoms with Gasteiger partial charge in [0.1, 0.15) is 24.2 Å². The molecule has 1 saturated heterocycles. The Labute approximate surface area is 177 Å². The number of carbonyl (C=O) groups is 4. The Balaban J connectivity index is 3.00. The van der Waals surface area contributed by atoms with Gasteiger partial charge in [-0.05, 0) is 31.6 Å². The summed E-state index contributed by atoms with van der Waals surface area (Å²) >= 11 is 0. The zero-order chi connectivity index (χ0) is 23.2. The zero-order valence-corrected chi connectivity index (χ0v) is 18.4. The first-order valence-electron chi connectivity index (χ1n) is 10.5. The van der Waals surface area contributed by atoms with Crippen LogP contribution in [0.1, 0.15) is 53.9 Å². The van der Waals surface area contributed by atoms with Crippen molar-refractivity contribution in [2.45, 2.75) is 84.2 Å². The Morgan fingerprint density at radius 2 is 1.63 bits per heavy atom. The van der Waals surface area contributed by atoms with Crippen LogP contribution in [0.3, 0.4) is 0 Å². The predicted octanol–water partition coefficient (Wildman–Crippen LogP) is -0.558. The molecule has 10 nitrogen and oxygen atoms in total. The van der Waals surface area contributed by atoms with Gasteiger partial charge in [0, 0.05) is 6.54 Å². The summed E-state index contributed by atoms with van der Waals surface area (Å²) in [6, 6.07) is -3.96. The number of aliphatic carboxylic acids is 1.